The molecule has 144 valence electrons. The highest BCUT2D eigenvalue weighted by atomic mass is 79.9. The predicted molar refractivity (Wildman–Crippen MR) is 117 cm³/mol. The number of fused-ring (bicyclic) bond motifs is 1. The largest absolute Gasteiger partial charge is 0.507 e. The normalized spacial score (nSPS) is 21.3. The van der Waals surface area contributed by atoms with E-state index in [-0.39, 0.29) is 11.4 Å². The van der Waals surface area contributed by atoms with Crippen molar-refractivity contribution in [2.75, 3.05) is 12.4 Å². The van der Waals surface area contributed by atoms with E-state index in [1.54, 1.807) is 13.2 Å². The molecule has 6 heteroatoms. The fraction of sp³-hybridized carbons (Fsp3) is 0.273. The average Bonchev–Trinajstić information content (AvgIpc) is 2.67. The zero-order valence-corrected chi connectivity index (χ0v) is 17.5. The van der Waals surface area contributed by atoms with Crippen LogP contribution in [0.3, 0.4) is 0 Å². The van der Waals surface area contributed by atoms with Gasteiger partial charge in [-0.2, -0.15) is 0 Å². The number of aromatic nitrogens is 2. The van der Waals surface area contributed by atoms with Crippen LogP contribution in [0.15, 0.2) is 49.0 Å². The predicted octanol–water partition coefficient (Wildman–Crippen LogP) is 5.35. The summed E-state index contributed by atoms with van der Waals surface area (Å²) in [6, 6.07) is 13.7. The molecule has 1 aromatic heterocycles. The molecule has 0 radical (unpaired) electrons. The van der Waals surface area contributed by atoms with Gasteiger partial charge < -0.3 is 15.2 Å². The van der Waals surface area contributed by atoms with Gasteiger partial charge in [0.2, 0.25) is 0 Å². The highest BCUT2D eigenvalue weighted by molar-refractivity contribution is 9.15. The zero-order chi connectivity index (χ0) is 19.9. The zero-order valence-electron chi connectivity index (χ0n) is 15.9. The maximum atomic E-state index is 10.5. The summed E-state index contributed by atoms with van der Waals surface area (Å²) in [4.78, 5) is 0. The van der Waals surface area contributed by atoms with Gasteiger partial charge in [-0.15, -0.1) is 10.2 Å². The number of nitrogens with one attached hydrogen (secondary N) is 1. The number of rotatable bonds is 5. The van der Waals surface area contributed by atoms with Crippen molar-refractivity contribution in [2.24, 2.45) is 0 Å². The van der Waals surface area contributed by atoms with Gasteiger partial charge in [-0.25, -0.2) is 0 Å². The number of halogens is 1. The van der Waals surface area contributed by atoms with E-state index in [4.69, 9.17) is 4.74 Å². The molecule has 1 aliphatic rings. The van der Waals surface area contributed by atoms with Crippen molar-refractivity contribution in [2.45, 2.75) is 31.4 Å². The number of hydrogen-bond donors (Lipinski definition) is 2. The van der Waals surface area contributed by atoms with Gasteiger partial charge in [0, 0.05) is 34.0 Å². The number of phenols is 1. The highest BCUT2D eigenvalue weighted by Gasteiger charge is 2.40. The van der Waals surface area contributed by atoms with Crippen molar-refractivity contribution >= 4 is 37.0 Å². The Labute approximate surface area is 172 Å². The topological polar surface area (TPSA) is 67.3 Å². The third-order valence-corrected chi connectivity index (χ3v) is 5.90. The van der Waals surface area contributed by atoms with Crippen molar-refractivity contribution in [1.29, 1.82) is 0 Å². The first-order chi connectivity index (χ1) is 13.4. The maximum absolute atomic E-state index is 10.5. The summed E-state index contributed by atoms with van der Waals surface area (Å²) in [7, 11) is 1.75. The molecule has 1 fully saturated rings. The number of methoxy groups -OCH3 is 1. The third-order valence-electron chi connectivity index (χ3n) is 5.44. The van der Waals surface area contributed by atoms with Crippen LogP contribution in [0.2, 0.25) is 0 Å². The summed E-state index contributed by atoms with van der Waals surface area (Å²) in [5.41, 5.74) is 2.06. The van der Waals surface area contributed by atoms with Gasteiger partial charge in [-0.05, 0) is 37.5 Å². The van der Waals surface area contributed by atoms with Crippen LogP contribution < -0.4 is 5.32 Å². The van der Waals surface area contributed by atoms with E-state index < -0.39 is 0 Å². The van der Waals surface area contributed by atoms with Crippen LogP contribution in [0.4, 0.5) is 5.82 Å². The first-order valence-corrected chi connectivity index (χ1v) is 9.95. The summed E-state index contributed by atoms with van der Waals surface area (Å²) in [5.74, 6) is 0.903. The van der Waals surface area contributed by atoms with Gasteiger partial charge in [0.1, 0.15) is 11.4 Å². The van der Waals surface area contributed by atoms with Gasteiger partial charge in [-0.3, -0.25) is 0 Å². The van der Waals surface area contributed by atoms with Crippen molar-refractivity contribution in [1.82, 2.24) is 10.2 Å². The molecule has 0 bridgehead atoms. The lowest BCUT2D eigenvalue weighted by Crippen LogP contribution is -2.49. The second kappa shape index (κ2) is 7.18. The van der Waals surface area contributed by atoms with E-state index in [1.165, 1.54) is 0 Å². The SMILES string of the molecule is C=C(Br)c1ccc(-c2nnc(NC3CC(C)(OC)C3)c3ccccc23)c(O)c1. The molecule has 5 nitrogen and oxygen atoms in total. The maximum Gasteiger partial charge on any atom is 0.156 e. The van der Waals surface area contributed by atoms with Crippen LogP contribution in [0.25, 0.3) is 26.5 Å². The van der Waals surface area contributed by atoms with E-state index in [1.807, 2.05) is 36.4 Å². The van der Waals surface area contributed by atoms with Gasteiger partial charge in [0.05, 0.1) is 5.60 Å². The van der Waals surface area contributed by atoms with Crippen LogP contribution >= 0.6 is 15.9 Å². The highest BCUT2D eigenvalue weighted by Crippen LogP contribution is 2.39. The number of ether oxygens (including phenoxy) is 1. The van der Waals surface area contributed by atoms with Crippen LogP contribution in [-0.2, 0) is 4.74 Å². The molecule has 0 spiro atoms. The summed E-state index contributed by atoms with van der Waals surface area (Å²) in [6.07, 6.45) is 1.86. The summed E-state index contributed by atoms with van der Waals surface area (Å²) < 4.78 is 6.25. The fourth-order valence-electron chi connectivity index (χ4n) is 3.75. The van der Waals surface area contributed by atoms with Crippen molar-refractivity contribution in [3.05, 3.63) is 54.6 Å². The number of benzene rings is 2. The first kappa shape index (κ1) is 18.9. The Hall–Kier alpha value is -2.44. The molecule has 0 aliphatic heterocycles. The van der Waals surface area contributed by atoms with Crippen LogP contribution in [-0.4, -0.2) is 34.1 Å². The lowest BCUT2D eigenvalue weighted by molar-refractivity contribution is -0.0625. The average molecular weight is 440 g/mol. The molecule has 4 rings (SSSR count). The Morgan fingerprint density at radius 1 is 1.21 bits per heavy atom. The summed E-state index contributed by atoms with van der Waals surface area (Å²) >= 11 is 3.34. The lowest BCUT2D eigenvalue weighted by Gasteiger charge is -2.44. The molecular formula is C22H22BrN3O2. The number of nitrogens with zero attached hydrogens (tertiary/aromatic N) is 2. The van der Waals surface area contributed by atoms with Crippen LogP contribution in [0, 0.1) is 0 Å². The van der Waals surface area contributed by atoms with Crippen molar-refractivity contribution in [3.8, 4) is 17.0 Å². The monoisotopic (exact) mass is 439 g/mol. The Bertz CT molecular complexity index is 1060. The standard InChI is InChI=1S/C22H22BrN3O2/c1-13(23)14-8-9-18(19(27)10-14)20-16-6-4-5-7-17(16)21(26-25-20)24-15-11-22(2,12-15)28-3/h4-10,15,27H,1,11-12H2,2-3H3,(H,24,26). The molecule has 2 aromatic carbocycles. The Balaban J connectivity index is 1.72. The van der Waals surface area contributed by atoms with E-state index in [0.717, 1.165) is 35.0 Å². The van der Waals surface area contributed by atoms with E-state index in [0.29, 0.717) is 21.8 Å². The number of aromatic hydroxyl groups is 1. The summed E-state index contributed by atoms with van der Waals surface area (Å²) in [5, 5.41) is 24.8. The molecule has 0 amide bonds. The minimum atomic E-state index is -0.0617. The lowest BCUT2D eigenvalue weighted by atomic mass is 9.77. The molecule has 2 N–H and O–H groups in total. The van der Waals surface area contributed by atoms with Crippen molar-refractivity contribution < 1.29 is 9.84 Å². The van der Waals surface area contributed by atoms with Gasteiger partial charge in [0.15, 0.2) is 5.82 Å². The molecule has 0 saturated heterocycles. The molecule has 0 unspecified atom stereocenters. The molecule has 1 saturated carbocycles. The van der Waals surface area contributed by atoms with E-state index in [9.17, 15) is 5.11 Å². The summed E-state index contributed by atoms with van der Waals surface area (Å²) in [6.45, 7) is 5.97. The first-order valence-electron chi connectivity index (χ1n) is 9.15. The van der Waals surface area contributed by atoms with Crippen LogP contribution in [0.1, 0.15) is 25.3 Å². The number of anilines is 1. The minimum Gasteiger partial charge on any atom is -0.507 e. The van der Waals surface area contributed by atoms with Crippen molar-refractivity contribution in [3.63, 3.8) is 0 Å². The molecule has 1 heterocycles. The van der Waals surface area contributed by atoms with Gasteiger partial charge in [-0.1, -0.05) is 52.8 Å². The molecular weight excluding hydrogens is 418 g/mol. The smallest absolute Gasteiger partial charge is 0.156 e. The quantitative estimate of drug-likeness (QED) is 0.560. The Morgan fingerprint density at radius 2 is 1.93 bits per heavy atom. The van der Waals surface area contributed by atoms with Crippen LogP contribution in [0.5, 0.6) is 5.75 Å². The second-order valence-electron chi connectivity index (χ2n) is 7.48. The van der Waals surface area contributed by atoms with Gasteiger partial charge >= 0.3 is 0 Å². The number of hydrogen-bond acceptors (Lipinski definition) is 5. The van der Waals surface area contributed by atoms with Gasteiger partial charge in [0.25, 0.3) is 0 Å². The Morgan fingerprint density at radius 3 is 2.57 bits per heavy atom. The van der Waals surface area contributed by atoms with E-state index >= 15 is 0 Å². The Kier molecular flexibility index (Phi) is 4.85. The number of phenolic OH excluding ortho intramolecular Hbond substituents is 1. The molecule has 0 atom stereocenters. The van der Waals surface area contributed by atoms with E-state index in [2.05, 4.69) is 44.9 Å². The molecule has 1 aliphatic carbocycles. The molecule has 3 aromatic rings. The second-order valence-corrected chi connectivity index (χ2v) is 8.44. The molecule has 28 heavy (non-hydrogen) atoms. The fourth-order valence-corrected chi connectivity index (χ4v) is 4.00. The third kappa shape index (κ3) is 3.38. The minimum absolute atomic E-state index is 0.0617.